The van der Waals surface area contributed by atoms with Gasteiger partial charge in [0.05, 0.1) is 6.54 Å². The topological polar surface area (TPSA) is 36.9 Å². The summed E-state index contributed by atoms with van der Waals surface area (Å²) in [6.07, 6.45) is 0.0443. The van der Waals surface area contributed by atoms with E-state index >= 15 is 0 Å². The fourth-order valence-corrected chi connectivity index (χ4v) is 1.59. The molecular formula is C13H21ClIN3O. The average molecular weight is 398 g/mol. The second kappa shape index (κ2) is 9.25. The Labute approximate surface area is 137 Å². The molecule has 0 spiro atoms. The van der Waals surface area contributed by atoms with Crippen LogP contribution in [-0.4, -0.2) is 44.7 Å². The third kappa shape index (κ3) is 6.87. The van der Waals surface area contributed by atoms with E-state index in [9.17, 15) is 0 Å². The molecule has 0 aliphatic carbocycles. The van der Waals surface area contributed by atoms with Crippen LogP contribution in [0.4, 0.5) is 0 Å². The molecule has 0 heterocycles. The maximum absolute atomic E-state index is 5.82. The van der Waals surface area contributed by atoms with Crippen molar-refractivity contribution in [3.8, 4) is 5.75 Å². The van der Waals surface area contributed by atoms with Crippen molar-refractivity contribution >= 4 is 41.5 Å². The number of nitrogens with zero attached hydrogens (tertiary/aromatic N) is 2. The first-order chi connectivity index (χ1) is 8.52. The minimum Gasteiger partial charge on any atom is -0.489 e. The lowest BCUT2D eigenvalue weighted by Gasteiger charge is -2.20. The van der Waals surface area contributed by atoms with Crippen LogP contribution in [0.5, 0.6) is 5.75 Å². The first kappa shape index (κ1) is 18.3. The van der Waals surface area contributed by atoms with Gasteiger partial charge < -0.3 is 15.0 Å². The van der Waals surface area contributed by atoms with E-state index in [2.05, 4.69) is 10.3 Å². The molecule has 1 aromatic carbocycles. The van der Waals surface area contributed by atoms with Gasteiger partial charge in [-0.2, -0.15) is 0 Å². The van der Waals surface area contributed by atoms with Crippen LogP contribution in [0.2, 0.25) is 5.02 Å². The normalized spacial score (nSPS) is 12.4. The summed E-state index contributed by atoms with van der Waals surface area (Å²) in [6.45, 7) is 2.69. The molecule has 1 rings (SSSR count). The van der Waals surface area contributed by atoms with E-state index in [4.69, 9.17) is 16.3 Å². The molecule has 0 aromatic heterocycles. The number of aliphatic imine (C=N–C) groups is 1. The molecule has 1 unspecified atom stereocenters. The average Bonchev–Trinajstić information content (AvgIpc) is 2.32. The molecule has 19 heavy (non-hydrogen) atoms. The van der Waals surface area contributed by atoms with E-state index in [-0.39, 0.29) is 30.1 Å². The number of rotatable bonds is 4. The number of halogens is 2. The molecule has 6 heteroatoms. The Morgan fingerprint density at radius 3 is 2.42 bits per heavy atom. The van der Waals surface area contributed by atoms with E-state index < -0.39 is 0 Å². The molecule has 4 nitrogen and oxygen atoms in total. The molecule has 1 N–H and O–H groups in total. The molecule has 0 fully saturated rings. The highest BCUT2D eigenvalue weighted by Gasteiger charge is 2.06. The van der Waals surface area contributed by atoms with Gasteiger partial charge in [0.25, 0.3) is 0 Å². The molecule has 0 aliphatic heterocycles. The molecule has 0 bridgehead atoms. The summed E-state index contributed by atoms with van der Waals surface area (Å²) >= 11 is 5.82. The Kier molecular flexibility index (Phi) is 8.92. The molecule has 0 amide bonds. The molecule has 0 saturated carbocycles. The van der Waals surface area contributed by atoms with Crippen molar-refractivity contribution in [2.24, 2.45) is 4.99 Å². The Morgan fingerprint density at radius 1 is 1.37 bits per heavy atom. The predicted octanol–water partition coefficient (Wildman–Crippen LogP) is 2.86. The molecule has 1 aromatic rings. The Morgan fingerprint density at radius 2 is 1.95 bits per heavy atom. The predicted molar refractivity (Wildman–Crippen MR) is 92.0 cm³/mol. The number of hydrogen-bond donors (Lipinski definition) is 1. The second-order valence-corrected chi connectivity index (χ2v) is 4.64. The van der Waals surface area contributed by atoms with Gasteiger partial charge in [-0.05, 0) is 31.2 Å². The van der Waals surface area contributed by atoms with Crippen LogP contribution in [0, 0.1) is 0 Å². The fraction of sp³-hybridized carbons (Fsp3) is 0.462. The van der Waals surface area contributed by atoms with Crippen molar-refractivity contribution in [1.29, 1.82) is 0 Å². The van der Waals surface area contributed by atoms with E-state index in [1.807, 2.05) is 50.2 Å². The fourth-order valence-electron chi connectivity index (χ4n) is 1.46. The van der Waals surface area contributed by atoms with Gasteiger partial charge >= 0.3 is 0 Å². The first-order valence-electron chi connectivity index (χ1n) is 5.83. The Hall–Kier alpha value is -0.690. The number of nitrogens with one attached hydrogen (secondary N) is 1. The molecule has 108 valence electrons. The van der Waals surface area contributed by atoms with Gasteiger partial charge in [0.15, 0.2) is 5.96 Å². The van der Waals surface area contributed by atoms with E-state index in [1.54, 1.807) is 7.05 Å². The minimum absolute atomic E-state index is 0. The van der Waals surface area contributed by atoms with Gasteiger partial charge in [-0.25, -0.2) is 0 Å². The summed E-state index contributed by atoms with van der Waals surface area (Å²) in [7, 11) is 5.65. The zero-order valence-corrected chi connectivity index (χ0v) is 14.8. The smallest absolute Gasteiger partial charge is 0.193 e. The molecule has 1 atom stereocenters. The van der Waals surface area contributed by atoms with Crippen molar-refractivity contribution in [3.63, 3.8) is 0 Å². The summed E-state index contributed by atoms with van der Waals surface area (Å²) in [5.41, 5.74) is 0. The van der Waals surface area contributed by atoms with Crippen LogP contribution in [0.25, 0.3) is 0 Å². The third-order valence-electron chi connectivity index (χ3n) is 2.33. The lowest BCUT2D eigenvalue weighted by molar-refractivity contribution is 0.223. The van der Waals surface area contributed by atoms with Crippen molar-refractivity contribution in [2.45, 2.75) is 13.0 Å². The van der Waals surface area contributed by atoms with Crippen molar-refractivity contribution in [3.05, 3.63) is 29.3 Å². The lowest BCUT2D eigenvalue weighted by Crippen LogP contribution is -2.41. The molecule has 0 aliphatic rings. The van der Waals surface area contributed by atoms with Crippen molar-refractivity contribution in [1.82, 2.24) is 10.2 Å². The van der Waals surface area contributed by atoms with Gasteiger partial charge in [-0.1, -0.05) is 11.6 Å². The van der Waals surface area contributed by atoms with Crippen LogP contribution < -0.4 is 10.1 Å². The van der Waals surface area contributed by atoms with Gasteiger partial charge in [0.2, 0.25) is 0 Å². The Bertz CT molecular complexity index is 395. The van der Waals surface area contributed by atoms with Gasteiger partial charge in [0, 0.05) is 26.2 Å². The zero-order chi connectivity index (χ0) is 13.5. The van der Waals surface area contributed by atoms with Crippen LogP contribution >= 0.6 is 35.6 Å². The summed E-state index contributed by atoms with van der Waals surface area (Å²) in [4.78, 5) is 6.06. The van der Waals surface area contributed by atoms with E-state index in [0.29, 0.717) is 11.6 Å². The first-order valence-corrected chi connectivity index (χ1v) is 6.21. The minimum atomic E-state index is 0. The van der Waals surface area contributed by atoms with Crippen molar-refractivity contribution in [2.75, 3.05) is 27.7 Å². The van der Waals surface area contributed by atoms with E-state index in [0.717, 1.165) is 11.7 Å². The standard InChI is InChI=1S/C13H20ClN3O.HI/c1-10(9-16-13(15-2)17(3)4)18-12-7-5-11(14)6-8-12;/h5-8,10H,9H2,1-4H3,(H,15,16);1H. The molecule has 0 saturated heterocycles. The van der Waals surface area contributed by atoms with Gasteiger partial charge in [-0.3, -0.25) is 4.99 Å². The lowest BCUT2D eigenvalue weighted by atomic mass is 10.3. The van der Waals surface area contributed by atoms with Crippen LogP contribution in [0.15, 0.2) is 29.3 Å². The quantitative estimate of drug-likeness (QED) is 0.482. The van der Waals surface area contributed by atoms with Crippen LogP contribution in [-0.2, 0) is 0 Å². The number of ether oxygens (including phenoxy) is 1. The van der Waals surface area contributed by atoms with Gasteiger partial charge in [0.1, 0.15) is 11.9 Å². The summed E-state index contributed by atoms with van der Waals surface area (Å²) < 4.78 is 5.75. The SMILES string of the molecule is CN=C(NCC(C)Oc1ccc(Cl)cc1)N(C)C.I. The maximum atomic E-state index is 5.82. The second-order valence-electron chi connectivity index (χ2n) is 4.20. The number of guanidine groups is 1. The van der Waals surface area contributed by atoms with Crippen LogP contribution in [0.3, 0.4) is 0 Å². The zero-order valence-electron chi connectivity index (χ0n) is 11.7. The Balaban J connectivity index is 0.00000324. The number of hydrogen-bond acceptors (Lipinski definition) is 2. The summed E-state index contributed by atoms with van der Waals surface area (Å²) in [5.74, 6) is 1.65. The largest absolute Gasteiger partial charge is 0.489 e. The highest BCUT2D eigenvalue weighted by molar-refractivity contribution is 14.0. The monoisotopic (exact) mass is 397 g/mol. The maximum Gasteiger partial charge on any atom is 0.193 e. The highest BCUT2D eigenvalue weighted by atomic mass is 127. The van der Waals surface area contributed by atoms with E-state index in [1.165, 1.54) is 0 Å². The summed E-state index contributed by atoms with van der Waals surface area (Å²) in [6, 6.07) is 7.35. The third-order valence-corrected chi connectivity index (χ3v) is 2.59. The van der Waals surface area contributed by atoms with Gasteiger partial charge in [-0.15, -0.1) is 24.0 Å². The highest BCUT2D eigenvalue weighted by Crippen LogP contribution is 2.16. The van der Waals surface area contributed by atoms with Crippen LogP contribution in [0.1, 0.15) is 6.92 Å². The number of benzene rings is 1. The molecular weight excluding hydrogens is 377 g/mol. The van der Waals surface area contributed by atoms with Crippen molar-refractivity contribution < 1.29 is 4.74 Å². The molecule has 0 radical (unpaired) electrons. The summed E-state index contributed by atoms with van der Waals surface area (Å²) in [5, 5.41) is 3.93.